The zero-order valence-corrected chi connectivity index (χ0v) is 16.7. The lowest BCUT2D eigenvalue weighted by Crippen LogP contribution is -2.44. The van der Waals surface area contributed by atoms with Gasteiger partial charge in [0.05, 0.1) is 4.88 Å². The third kappa shape index (κ3) is 3.76. The second-order valence-corrected chi connectivity index (χ2v) is 8.75. The van der Waals surface area contributed by atoms with E-state index < -0.39 is 11.6 Å². The van der Waals surface area contributed by atoms with Crippen molar-refractivity contribution in [1.82, 2.24) is 30.6 Å². The zero-order chi connectivity index (χ0) is 19.7. The fraction of sp³-hybridized carbons (Fsp3) is 0.353. The monoisotopic (exact) mass is 418 g/mol. The molecule has 9 nitrogen and oxygen atoms in total. The van der Waals surface area contributed by atoms with Crippen molar-refractivity contribution in [3.63, 3.8) is 0 Å². The third-order valence-corrected chi connectivity index (χ3v) is 6.60. The molecule has 0 unspecified atom stereocenters. The number of rotatable bonds is 4. The molecule has 0 saturated heterocycles. The van der Waals surface area contributed by atoms with Gasteiger partial charge >= 0.3 is 5.69 Å². The smallest absolute Gasteiger partial charge is 0.271 e. The van der Waals surface area contributed by atoms with E-state index in [4.69, 9.17) is 0 Å². The first-order valence-corrected chi connectivity index (χ1v) is 10.5. The molecule has 0 saturated carbocycles. The molecular formula is C17H18N6O3S2. The van der Waals surface area contributed by atoms with Crippen molar-refractivity contribution in [3.05, 3.63) is 49.4 Å². The lowest BCUT2D eigenvalue weighted by Gasteiger charge is -2.16. The number of hydrogen-bond donors (Lipinski definition) is 2. The number of hydrazine groups is 1. The van der Waals surface area contributed by atoms with E-state index in [1.807, 2.05) is 11.4 Å². The quantitative estimate of drug-likeness (QED) is 0.617. The number of carbonyl (C=O) groups excluding carboxylic acids is 2. The van der Waals surface area contributed by atoms with E-state index in [2.05, 4.69) is 28.2 Å². The van der Waals surface area contributed by atoms with Crippen molar-refractivity contribution in [3.8, 4) is 5.00 Å². The summed E-state index contributed by atoms with van der Waals surface area (Å²) in [5.74, 6) is -0.308. The highest BCUT2D eigenvalue weighted by Crippen LogP contribution is 2.32. The second kappa shape index (κ2) is 7.68. The minimum atomic E-state index is -0.566. The van der Waals surface area contributed by atoms with Gasteiger partial charge in [0.2, 0.25) is 0 Å². The molecule has 0 aliphatic heterocycles. The number of nitrogens with zero attached hydrogens (tertiary/aromatic N) is 4. The summed E-state index contributed by atoms with van der Waals surface area (Å²) < 4.78 is 2.06. The first-order chi connectivity index (χ1) is 13.5. The van der Waals surface area contributed by atoms with Gasteiger partial charge in [-0.15, -0.1) is 22.7 Å². The van der Waals surface area contributed by atoms with Crippen LogP contribution in [0.3, 0.4) is 0 Å². The minimum Gasteiger partial charge on any atom is -0.271 e. The maximum Gasteiger partial charge on any atom is 0.369 e. The van der Waals surface area contributed by atoms with Crippen molar-refractivity contribution in [1.29, 1.82) is 0 Å². The maximum atomic E-state index is 12.3. The third-order valence-electron chi connectivity index (χ3n) is 4.52. The second-order valence-electron chi connectivity index (χ2n) is 6.69. The number of tetrazole rings is 1. The topological polar surface area (TPSA) is 111 Å². The number of aromatic nitrogens is 4. The number of carbonyl (C=O) groups is 2. The summed E-state index contributed by atoms with van der Waals surface area (Å²) in [5.41, 5.74) is 5.42. The van der Waals surface area contributed by atoms with Crippen LogP contribution in [0.25, 0.3) is 5.00 Å². The van der Waals surface area contributed by atoms with Crippen molar-refractivity contribution in [2.45, 2.75) is 32.7 Å². The summed E-state index contributed by atoms with van der Waals surface area (Å²) in [6.07, 6.45) is 3.10. The molecule has 4 rings (SSSR count). The Morgan fingerprint density at radius 1 is 1.32 bits per heavy atom. The molecule has 0 spiro atoms. The number of amides is 2. The van der Waals surface area contributed by atoms with Gasteiger partial charge in [-0.2, -0.15) is 9.36 Å². The number of nitrogens with one attached hydrogen (secondary N) is 2. The normalized spacial score (nSPS) is 15.8. The fourth-order valence-corrected chi connectivity index (χ4v) is 4.86. The van der Waals surface area contributed by atoms with Gasteiger partial charge in [0.25, 0.3) is 11.8 Å². The standard InChI is InChI=1S/C17H18N6O3S2/c1-10-4-5-12-11(7-10)8-13(28-12)16(25)19-18-14(24)9-22-17(26)23(21-20-22)15-3-2-6-27-15/h2-3,6,8,10H,4-5,7,9H2,1H3,(H,18,24)(H,19,25)/t10-/m1/s1. The lowest BCUT2D eigenvalue weighted by molar-refractivity contribution is -0.122. The van der Waals surface area contributed by atoms with E-state index in [0.717, 1.165) is 28.6 Å². The van der Waals surface area contributed by atoms with Gasteiger partial charge in [-0.1, -0.05) is 6.92 Å². The van der Waals surface area contributed by atoms with Crippen LogP contribution in [-0.2, 0) is 24.2 Å². The molecule has 2 amide bonds. The Morgan fingerprint density at radius 2 is 2.18 bits per heavy atom. The Balaban J connectivity index is 1.35. The molecule has 11 heteroatoms. The highest BCUT2D eigenvalue weighted by atomic mass is 32.1. The predicted octanol–water partition coefficient (Wildman–Crippen LogP) is 1.14. The number of aryl methyl sites for hydroxylation is 1. The Kier molecular flexibility index (Phi) is 5.09. The van der Waals surface area contributed by atoms with E-state index in [0.29, 0.717) is 15.8 Å². The molecule has 1 aliphatic rings. The molecular weight excluding hydrogens is 400 g/mol. The van der Waals surface area contributed by atoms with Crippen LogP contribution in [0.15, 0.2) is 28.4 Å². The Morgan fingerprint density at radius 3 is 2.96 bits per heavy atom. The SMILES string of the molecule is C[C@@H]1CCc2sc(C(=O)NNC(=O)Cn3nnn(-c4cccs4)c3=O)cc2C1. The van der Waals surface area contributed by atoms with E-state index in [1.54, 1.807) is 12.1 Å². The molecule has 3 heterocycles. The Labute approximate surface area is 167 Å². The maximum absolute atomic E-state index is 12.3. The first kappa shape index (κ1) is 18.6. The van der Waals surface area contributed by atoms with Crippen LogP contribution in [0.2, 0.25) is 0 Å². The van der Waals surface area contributed by atoms with Gasteiger partial charge in [-0.3, -0.25) is 20.4 Å². The van der Waals surface area contributed by atoms with Crippen LogP contribution in [0.1, 0.15) is 33.5 Å². The van der Waals surface area contributed by atoms with Gasteiger partial charge < -0.3 is 0 Å². The largest absolute Gasteiger partial charge is 0.369 e. The predicted molar refractivity (Wildman–Crippen MR) is 105 cm³/mol. The molecule has 0 radical (unpaired) electrons. The molecule has 3 aromatic rings. The molecule has 3 aromatic heterocycles. The zero-order valence-electron chi connectivity index (χ0n) is 15.0. The molecule has 2 N–H and O–H groups in total. The summed E-state index contributed by atoms with van der Waals surface area (Å²) >= 11 is 2.80. The van der Waals surface area contributed by atoms with Crippen LogP contribution in [0.5, 0.6) is 0 Å². The van der Waals surface area contributed by atoms with Gasteiger partial charge in [0.1, 0.15) is 11.5 Å². The van der Waals surface area contributed by atoms with Gasteiger partial charge in [-0.25, -0.2) is 4.79 Å². The van der Waals surface area contributed by atoms with Crippen LogP contribution in [0, 0.1) is 5.92 Å². The molecule has 0 fully saturated rings. The van der Waals surface area contributed by atoms with Crippen LogP contribution in [-0.4, -0.2) is 31.6 Å². The van der Waals surface area contributed by atoms with Crippen LogP contribution >= 0.6 is 22.7 Å². The molecule has 1 atom stereocenters. The lowest BCUT2D eigenvalue weighted by atomic mass is 9.90. The van der Waals surface area contributed by atoms with E-state index >= 15 is 0 Å². The highest BCUT2D eigenvalue weighted by molar-refractivity contribution is 7.14. The Bertz CT molecular complexity index is 1070. The van der Waals surface area contributed by atoms with Gasteiger partial charge in [0.15, 0.2) is 0 Å². The van der Waals surface area contributed by atoms with Crippen molar-refractivity contribution < 1.29 is 9.59 Å². The van der Waals surface area contributed by atoms with Crippen LogP contribution in [0.4, 0.5) is 0 Å². The fourth-order valence-electron chi connectivity index (χ4n) is 3.08. The number of fused-ring (bicyclic) bond motifs is 1. The number of hydrogen-bond acceptors (Lipinski definition) is 7. The molecule has 1 aliphatic carbocycles. The summed E-state index contributed by atoms with van der Waals surface area (Å²) in [6, 6.07) is 5.41. The Hall–Kier alpha value is -2.79. The van der Waals surface area contributed by atoms with Gasteiger partial charge in [-0.05, 0) is 64.7 Å². The van der Waals surface area contributed by atoms with Crippen LogP contribution < -0.4 is 16.5 Å². The molecule has 0 bridgehead atoms. The number of thiophene rings is 2. The van der Waals surface area contributed by atoms with E-state index in [9.17, 15) is 14.4 Å². The molecule has 28 heavy (non-hydrogen) atoms. The van der Waals surface area contributed by atoms with E-state index in [-0.39, 0.29) is 12.5 Å². The van der Waals surface area contributed by atoms with E-state index in [1.165, 1.54) is 33.1 Å². The summed E-state index contributed by atoms with van der Waals surface area (Å²) in [4.78, 5) is 38.4. The summed E-state index contributed by atoms with van der Waals surface area (Å²) in [5, 5.41) is 9.88. The average molecular weight is 419 g/mol. The molecule has 0 aromatic carbocycles. The van der Waals surface area contributed by atoms with Crippen molar-refractivity contribution in [2.24, 2.45) is 5.92 Å². The van der Waals surface area contributed by atoms with Crippen molar-refractivity contribution >= 4 is 34.5 Å². The minimum absolute atomic E-state index is 0.344. The highest BCUT2D eigenvalue weighted by Gasteiger charge is 2.21. The average Bonchev–Trinajstić information content (AvgIpc) is 3.40. The first-order valence-electron chi connectivity index (χ1n) is 8.78. The summed E-state index contributed by atoms with van der Waals surface area (Å²) in [6.45, 7) is 1.86. The van der Waals surface area contributed by atoms with Crippen molar-refractivity contribution in [2.75, 3.05) is 0 Å². The molecule has 146 valence electrons. The summed E-state index contributed by atoms with van der Waals surface area (Å²) in [7, 11) is 0. The van der Waals surface area contributed by atoms with Gasteiger partial charge in [0, 0.05) is 4.88 Å².